The molecule has 0 aliphatic carbocycles. The predicted octanol–water partition coefficient (Wildman–Crippen LogP) is 5.68. The summed E-state index contributed by atoms with van der Waals surface area (Å²) >= 11 is 0. The molecule has 0 aromatic heterocycles. The van der Waals surface area contributed by atoms with Crippen LogP contribution in [0.15, 0.2) is 12.1 Å². The van der Waals surface area contributed by atoms with Crippen molar-refractivity contribution in [3.63, 3.8) is 0 Å². The first-order valence-electron chi connectivity index (χ1n) is 9.61. The van der Waals surface area contributed by atoms with Crippen molar-refractivity contribution in [2.75, 3.05) is 0 Å². The molecule has 0 saturated carbocycles. The molecule has 0 fully saturated rings. The normalized spacial score (nSPS) is 13.2. The van der Waals surface area contributed by atoms with Crippen molar-refractivity contribution in [3.8, 4) is 11.1 Å². The van der Waals surface area contributed by atoms with E-state index in [1.54, 1.807) is 0 Å². The molecule has 0 nitrogen and oxygen atoms in total. The fourth-order valence-electron chi connectivity index (χ4n) is 3.72. The first-order chi connectivity index (χ1) is 12.9. The zero-order chi connectivity index (χ0) is 22.7. The van der Waals surface area contributed by atoms with Gasteiger partial charge in [-0.05, 0) is 5.56 Å². The quantitative estimate of drug-likeness (QED) is 0.238. The zero-order valence-electron chi connectivity index (χ0n) is 18.5. The van der Waals surface area contributed by atoms with Crippen LogP contribution in [0.2, 0.25) is 58.9 Å². The Bertz CT molecular complexity index is 935. The van der Waals surface area contributed by atoms with E-state index in [0.29, 0.717) is 0 Å². The maximum Gasteiger partial charge on any atom is 0.200 e. The minimum atomic E-state index is -2.23. The maximum absolute atomic E-state index is 15.0. The number of hydrogen-bond donors (Lipinski definition) is 0. The summed E-state index contributed by atoms with van der Waals surface area (Å²) in [5.41, 5.74) is -0.521. The zero-order valence-corrected chi connectivity index (χ0v) is 21.5. The van der Waals surface area contributed by atoms with Crippen molar-refractivity contribution in [3.05, 3.63) is 41.2 Å². The van der Waals surface area contributed by atoms with E-state index < -0.39 is 58.9 Å². The fourth-order valence-corrected chi connectivity index (χ4v) is 11.0. The van der Waals surface area contributed by atoms with Crippen molar-refractivity contribution in [1.82, 2.24) is 0 Å². The molecule has 0 N–H and O–H groups in total. The number of rotatable bonds is 4. The highest BCUT2D eigenvalue weighted by molar-refractivity contribution is 7.00. The lowest BCUT2D eigenvalue weighted by Crippen LogP contribution is -2.60. The predicted molar refractivity (Wildman–Crippen MR) is 121 cm³/mol. The fraction of sp³-hybridized carbons (Fsp3) is 0.429. The average molecular weight is 461 g/mol. The van der Waals surface area contributed by atoms with E-state index in [1.807, 2.05) is 31.8 Å². The molecule has 0 radical (unpaired) electrons. The highest BCUT2D eigenvalue weighted by Crippen LogP contribution is 2.32. The molecular weight excluding hydrogens is 431 g/mol. The first kappa shape index (κ1) is 24.0. The van der Waals surface area contributed by atoms with E-state index in [-0.39, 0.29) is 5.56 Å². The van der Waals surface area contributed by atoms with E-state index in [2.05, 4.69) is 39.3 Å². The second-order valence-electron chi connectivity index (χ2n) is 10.6. The van der Waals surface area contributed by atoms with Gasteiger partial charge in [0.2, 0.25) is 5.82 Å². The summed E-state index contributed by atoms with van der Waals surface area (Å²) in [5.74, 6) is -9.38. The molecular formula is C21H29F5Si3. The molecule has 0 amide bonds. The molecule has 29 heavy (non-hydrogen) atoms. The molecule has 0 spiro atoms. The van der Waals surface area contributed by atoms with Gasteiger partial charge in [-0.15, -0.1) is 0 Å². The molecule has 8 heteroatoms. The van der Waals surface area contributed by atoms with E-state index in [0.717, 1.165) is 15.6 Å². The standard InChI is InChI=1S/C21H29F5Si3/c1-27(2,3)12-10-11-13(28(4,5)6)21(29(7,8)9)14(12)15-16(22)18(24)20(26)19(25)17(15)23/h10-11H,1-9H3. The Morgan fingerprint density at radius 3 is 1.14 bits per heavy atom. The van der Waals surface area contributed by atoms with E-state index in [4.69, 9.17) is 0 Å². The Morgan fingerprint density at radius 1 is 0.448 bits per heavy atom. The van der Waals surface area contributed by atoms with Crippen LogP contribution < -0.4 is 15.6 Å². The van der Waals surface area contributed by atoms with Crippen LogP contribution in [0.5, 0.6) is 0 Å². The van der Waals surface area contributed by atoms with Crippen LogP contribution in [0.1, 0.15) is 0 Å². The Morgan fingerprint density at radius 2 is 0.793 bits per heavy atom. The largest absolute Gasteiger partial charge is 0.203 e. The third-order valence-electron chi connectivity index (χ3n) is 5.03. The van der Waals surface area contributed by atoms with Crippen LogP contribution in [0.25, 0.3) is 11.1 Å². The molecule has 0 saturated heterocycles. The van der Waals surface area contributed by atoms with E-state index >= 15 is 0 Å². The minimum Gasteiger partial charge on any atom is -0.203 e. The topological polar surface area (TPSA) is 0 Å². The monoisotopic (exact) mass is 460 g/mol. The van der Waals surface area contributed by atoms with Crippen LogP contribution in [0.3, 0.4) is 0 Å². The summed E-state index contributed by atoms with van der Waals surface area (Å²) in [4.78, 5) is 0. The van der Waals surface area contributed by atoms with Gasteiger partial charge < -0.3 is 0 Å². The first-order valence-corrected chi connectivity index (χ1v) is 20.1. The van der Waals surface area contributed by atoms with Gasteiger partial charge in [-0.25, -0.2) is 22.0 Å². The summed E-state index contributed by atoms with van der Waals surface area (Å²) in [6.45, 7) is 18.6. The van der Waals surface area contributed by atoms with Gasteiger partial charge in [0, 0.05) is 0 Å². The molecule has 2 aromatic carbocycles. The molecule has 2 aromatic rings. The molecule has 160 valence electrons. The van der Waals surface area contributed by atoms with Crippen LogP contribution in [0, 0.1) is 29.1 Å². The number of halogens is 5. The number of benzene rings is 2. The van der Waals surface area contributed by atoms with Gasteiger partial charge >= 0.3 is 0 Å². The lowest BCUT2D eigenvalue weighted by Gasteiger charge is -2.34. The second kappa shape index (κ2) is 7.46. The van der Waals surface area contributed by atoms with Gasteiger partial charge in [0.05, 0.1) is 29.8 Å². The summed E-state index contributed by atoms with van der Waals surface area (Å²) < 4.78 is 72.0. The van der Waals surface area contributed by atoms with Gasteiger partial charge in [0.15, 0.2) is 23.3 Å². The molecule has 0 atom stereocenters. The van der Waals surface area contributed by atoms with E-state index in [1.165, 1.54) is 0 Å². The van der Waals surface area contributed by atoms with Crippen molar-refractivity contribution >= 4 is 39.8 Å². The van der Waals surface area contributed by atoms with Gasteiger partial charge in [0.1, 0.15) is 0 Å². The third kappa shape index (κ3) is 4.29. The summed E-state index contributed by atoms with van der Waals surface area (Å²) in [6.07, 6.45) is 0. The van der Waals surface area contributed by atoms with Crippen LogP contribution >= 0.6 is 0 Å². The van der Waals surface area contributed by atoms with Crippen molar-refractivity contribution < 1.29 is 22.0 Å². The number of hydrogen-bond acceptors (Lipinski definition) is 0. The molecule has 0 heterocycles. The Labute approximate surface area is 173 Å². The molecule has 2 rings (SSSR count). The minimum absolute atomic E-state index is 0.246. The highest BCUT2D eigenvalue weighted by atomic mass is 28.3. The average Bonchev–Trinajstić information content (AvgIpc) is 2.55. The van der Waals surface area contributed by atoms with Crippen LogP contribution in [-0.2, 0) is 0 Å². The molecule has 0 bridgehead atoms. The van der Waals surface area contributed by atoms with Gasteiger partial charge in [-0.3, -0.25) is 0 Å². The lowest BCUT2D eigenvalue weighted by molar-refractivity contribution is 0.381. The van der Waals surface area contributed by atoms with Crippen molar-refractivity contribution in [1.29, 1.82) is 0 Å². The van der Waals surface area contributed by atoms with Gasteiger partial charge in [0.25, 0.3) is 0 Å². The summed E-state index contributed by atoms with van der Waals surface area (Å²) in [6, 6.07) is 3.89. The SMILES string of the molecule is C[Si](C)(C)c1ccc([Si](C)(C)C)c([Si](C)(C)C)c1-c1c(F)c(F)c(F)c(F)c1F. The maximum atomic E-state index is 15.0. The van der Waals surface area contributed by atoms with Crippen LogP contribution in [-0.4, -0.2) is 24.2 Å². The van der Waals surface area contributed by atoms with Gasteiger partial charge in [-0.2, -0.15) is 0 Å². The third-order valence-corrected chi connectivity index (χ3v) is 11.4. The Hall–Kier alpha value is -1.26. The Kier molecular flexibility index (Phi) is 6.18. The highest BCUT2D eigenvalue weighted by Gasteiger charge is 2.38. The van der Waals surface area contributed by atoms with Crippen LogP contribution in [0.4, 0.5) is 22.0 Å². The van der Waals surface area contributed by atoms with Crippen molar-refractivity contribution in [2.24, 2.45) is 0 Å². The van der Waals surface area contributed by atoms with E-state index in [9.17, 15) is 22.0 Å². The smallest absolute Gasteiger partial charge is 0.200 e. The summed E-state index contributed by atoms with van der Waals surface area (Å²) in [7, 11) is -6.38. The van der Waals surface area contributed by atoms with Crippen molar-refractivity contribution in [2.45, 2.75) is 58.9 Å². The lowest BCUT2D eigenvalue weighted by atomic mass is 10.0. The van der Waals surface area contributed by atoms with Gasteiger partial charge in [-0.1, -0.05) is 86.6 Å². The molecule has 0 unspecified atom stereocenters. The Balaban J connectivity index is 3.25. The summed E-state index contributed by atoms with van der Waals surface area (Å²) in [5, 5.41) is 2.57. The molecule has 0 aliphatic heterocycles. The molecule has 0 aliphatic rings. The second-order valence-corrected chi connectivity index (χ2v) is 25.7.